The average Bonchev–Trinajstić information content (AvgIpc) is 2.40. The lowest BCUT2D eigenvalue weighted by atomic mass is 9.92. The van der Waals surface area contributed by atoms with Gasteiger partial charge in [0, 0.05) is 13.1 Å². The summed E-state index contributed by atoms with van der Waals surface area (Å²) in [4.78, 5) is 2.38. The first-order valence-electron chi connectivity index (χ1n) is 7.34. The lowest BCUT2D eigenvalue weighted by Crippen LogP contribution is -2.33. The van der Waals surface area contributed by atoms with E-state index in [4.69, 9.17) is 11.6 Å². The molecule has 1 N–H and O–H groups in total. The Morgan fingerprint density at radius 2 is 2.05 bits per heavy atom. The fraction of sp³-hybridized carbons (Fsp3) is 0.625. The van der Waals surface area contributed by atoms with Gasteiger partial charge in [0.25, 0.3) is 0 Å². The number of piperidine rings is 1. The number of hydrogen-bond donors (Lipinski definition) is 1. The van der Waals surface area contributed by atoms with Crippen LogP contribution in [-0.2, 0) is 0 Å². The predicted octanol–water partition coefficient (Wildman–Crippen LogP) is 4.41. The lowest BCUT2D eigenvalue weighted by Gasteiger charge is -2.34. The van der Waals surface area contributed by atoms with Gasteiger partial charge in [-0.2, -0.15) is 0 Å². The van der Waals surface area contributed by atoms with Gasteiger partial charge >= 0.3 is 0 Å². The van der Waals surface area contributed by atoms with Gasteiger partial charge in [0.05, 0.1) is 16.8 Å². The Morgan fingerprint density at radius 3 is 2.58 bits per heavy atom. The maximum Gasteiger partial charge on any atom is 0.0762 e. The van der Waals surface area contributed by atoms with Crippen LogP contribution in [0, 0.1) is 5.92 Å². The van der Waals surface area contributed by atoms with E-state index in [1.807, 2.05) is 18.2 Å². The van der Waals surface area contributed by atoms with Crippen LogP contribution in [0.5, 0.6) is 0 Å². The summed E-state index contributed by atoms with van der Waals surface area (Å²) in [7, 11) is 0. The Hall–Kier alpha value is -0.730. The maximum absolute atomic E-state index is 9.57. The molecular formula is C16H24ClNO. The zero-order valence-corrected chi connectivity index (χ0v) is 12.7. The van der Waals surface area contributed by atoms with Gasteiger partial charge in [-0.3, -0.25) is 0 Å². The van der Waals surface area contributed by atoms with E-state index in [2.05, 4.69) is 11.8 Å². The molecule has 1 aromatic carbocycles. The molecule has 0 spiro atoms. The Bertz CT molecular complexity index is 411. The first-order chi connectivity index (χ1) is 9.11. The molecule has 0 aliphatic carbocycles. The minimum absolute atomic E-state index is 0.457. The van der Waals surface area contributed by atoms with Crippen LogP contribution in [0.2, 0.25) is 5.02 Å². The van der Waals surface area contributed by atoms with Crippen LogP contribution >= 0.6 is 11.6 Å². The van der Waals surface area contributed by atoms with Crippen LogP contribution in [0.3, 0.4) is 0 Å². The van der Waals surface area contributed by atoms with E-state index in [1.54, 1.807) is 6.92 Å². The van der Waals surface area contributed by atoms with Gasteiger partial charge in [0.15, 0.2) is 0 Å². The van der Waals surface area contributed by atoms with Gasteiger partial charge in [-0.15, -0.1) is 0 Å². The lowest BCUT2D eigenvalue weighted by molar-refractivity contribution is 0.199. The van der Waals surface area contributed by atoms with Crippen molar-refractivity contribution in [3.8, 4) is 0 Å². The number of aliphatic hydroxyl groups excluding tert-OH is 1. The molecule has 19 heavy (non-hydrogen) atoms. The highest BCUT2D eigenvalue weighted by atomic mass is 35.5. The summed E-state index contributed by atoms with van der Waals surface area (Å²) in [6.07, 6.45) is 4.71. The number of nitrogens with zero attached hydrogens (tertiary/aromatic N) is 1. The molecule has 1 aromatic rings. The number of anilines is 1. The Morgan fingerprint density at radius 1 is 1.37 bits per heavy atom. The minimum Gasteiger partial charge on any atom is -0.389 e. The summed E-state index contributed by atoms with van der Waals surface area (Å²) in [6, 6.07) is 5.91. The Balaban J connectivity index is 2.03. The van der Waals surface area contributed by atoms with Crippen LogP contribution < -0.4 is 4.90 Å². The monoisotopic (exact) mass is 281 g/mol. The van der Waals surface area contributed by atoms with Gasteiger partial charge in [-0.05, 0) is 43.4 Å². The molecule has 106 valence electrons. The Labute approximate surface area is 121 Å². The molecule has 1 aliphatic rings. The molecule has 0 aromatic heterocycles. The highest BCUT2D eigenvalue weighted by Gasteiger charge is 2.20. The molecule has 1 heterocycles. The smallest absolute Gasteiger partial charge is 0.0762 e. The van der Waals surface area contributed by atoms with Crippen LogP contribution in [0.4, 0.5) is 5.69 Å². The van der Waals surface area contributed by atoms with E-state index >= 15 is 0 Å². The van der Waals surface area contributed by atoms with Crippen molar-refractivity contribution in [1.82, 2.24) is 0 Å². The number of benzene rings is 1. The van der Waals surface area contributed by atoms with E-state index in [0.717, 1.165) is 35.3 Å². The quantitative estimate of drug-likeness (QED) is 0.884. The van der Waals surface area contributed by atoms with Crippen molar-refractivity contribution < 1.29 is 5.11 Å². The zero-order valence-electron chi connectivity index (χ0n) is 11.9. The van der Waals surface area contributed by atoms with E-state index in [-0.39, 0.29) is 0 Å². The SMILES string of the molecule is CCCC1CCN(c2ccc([C@@H](C)O)cc2Cl)CC1. The molecule has 0 radical (unpaired) electrons. The fourth-order valence-electron chi connectivity index (χ4n) is 2.91. The molecular weight excluding hydrogens is 258 g/mol. The number of aliphatic hydroxyl groups is 1. The highest BCUT2D eigenvalue weighted by molar-refractivity contribution is 6.33. The topological polar surface area (TPSA) is 23.5 Å². The Kier molecular flexibility index (Phi) is 5.12. The van der Waals surface area contributed by atoms with Gasteiger partial charge in [-0.1, -0.05) is 37.4 Å². The van der Waals surface area contributed by atoms with E-state index in [0.29, 0.717) is 0 Å². The summed E-state index contributed by atoms with van der Waals surface area (Å²) in [5, 5.41) is 10.3. The summed E-state index contributed by atoms with van der Waals surface area (Å²) < 4.78 is 0. The molecule has 0 unspecified atom stereocenters. The fourth-order valence-corrected chi connectivity index (χ4v) is 3.22. The molecule has 1 fully saturated rings. The van der Waals surface area contributed by atoms with Crippen molar-refractivity contribution in [2.75, 3.05) is 18.0 Å². The summed E-state index contributed by atoms with van der Waals surface area (Å²) in [6.45, 7) is 6.22. The normalized spacial score (nSPS) is 18.6. The molecule has 2 nitrogen and oxygen atoms in total. The number of hydrogen-bond acceptors (Lipinski definition) is 2. The molecule has 0 amide bonds. The average molecular weight is 282 g/mol. The molecule has 2 rings (SSSR count). The number of halogens is 1. The van der Waals surface area contributed by atoms with E-state index < -0.39 is 6.10 Å². The summed E-state index contributed by atoms with van der Waals surface area (Å²) in [5.41, 5.74) is 2.00. The van der Waals surface area contributed by atoms with E-state index in [1.165, 1.54) is 25.7 Å². The molecule has 0 saturated carbocycles. The first-order valence-corrected chi connectivity index (χ1v) is 7.72. The van der Waals surface area contributed by atoms with Crippen molar-refractivity contribution in [1.29, 1.82) is 0 Å². The van der Waals surface area contributed by atoms with Gasteiger partial charge in [-0.25, -0.2) is 0 Å². The second-order valence-corrected chi connectivity index (χ2v) is 6.01. The predicted molar refractivity (Wildman–Crippen MR) is 81.9 cm³/mol. The van der Waals surface area contributed by atoms with Crippen molar-refractivity contribution in [3.05, 3.63) is 28.8 Å². The van der Waals surface area contributed by atoms with Crippen molar-refractivity contribution in [2.45, 2.75) is 45.6 Å². The second kappa shape index (κ2) is 6.62. The van der Waals surface area contributed by atoms with Crippen LogP contribution in [0.25, 0.3) is 0 Å². The van der Waals surface area contributed by atoms with Crippen LogP contribution in [-0.4, -0.2) is 18.2 Å². The van der Waals surface area contributed by atoms with Gasteiger partial charge in [0.2, 0.25) is 0 Å². The van der Waals surface area contributed by atoms with Gasteiger partial charge < -0.3 is 10.0 Å². The van der Waals surface area contributed by atoms with Crippen molar-refractivity contribution in [3.63, 3.8) is 0 Å². The van der Waals surface area contributed by atoms with Crippen molar-refractivity contribution in [2.24, 2.45) is 5.92 Å². The molecule has 0 bridgehead atoms. The third-order valence-electron chi connectivity index (χ3n) is 4.11. The minimum atomic E-state index is -0.457. The highest BCUT2D eigenvalue weighted by Crippen LogP contribution is 2.32. The molecule has 1 saturated heterocycles. The van der Waals surface area contributed by atoms with Crippen LogP contribution in [0.15, 0.2) is 18.2 Å². The third-order valence-corrected chi connectivity index (χ3v) is 4.41. The third kappa shape index (κ3) is 3.64. The summed E-state index contributed by atoms with van der Waals surface area (Å²) in [5.74, 6) is 0.886. The first kappa shape index (κ1) is 14.7. The maximum atomic E-state index is 9.57. The summed E-state index contributed by atoms with van der Waals surface area (Å²) >= 11 is 6.35. The van der Waals surface area contributed by atoms with E-state index in [9.17, 15) is 5.11 Å². The molecule has 3 heteroatoms. The zero-order chi connectivity index (χ0) is 13.8. The standard InChI is InChI=1S/C16H24ClNO/c1-3-4-13-7-9-18(10-8-13)16-6-5-14(12(2)19)11-15(16)17/h5-6,11-13,19H,3-4,7-10H2,1-2H3/t12-/m1/s1. The van der Waals surface area contributed by atoms with Gasteiger partial charge in [0.1, 0.15) is 0 Å². The van der Waals surface area contributed by atoms with Crippen molar-refractivity contribution >= 4 is 17.3 Å². The largest absolute Gasteiger partial charge is 0.389 e. The molecule has 1 aliphatic heterocycles. The number of rotatable bonds is 4. The second-order valence-electron chi connectivity index (χ2n) is 5.61. The van der Waals surface area contributed by atoms with Crippen LogP contribution in [0.1, 0.15) is 51.2 Å². The molecule has 1 atom stereocenters.